The number of rotatable bonds is 4. The van der Waals surface area contributed by atoms with E-state index >= 15 is 0 Å². The standard InChI is InChI=1S/C14H13N3O3/c1-17-9-3-5-11(17)14(20)16-12-6-2-4-10(15-12)7-8-13(18)19/h2-9H,1H3,(H,18,19)(H,15,16,20). The molecule has 0 fully saturated rings. The lowest BCUT2D eigenvalue weighted by molar-refractivity contribution is -0.131. The zero-order valence-electron chi connectivity index (χ0n) is 10.8. The Hall–Kier alpha value is -2.89. The summed E-state index contributed by atoms with van der Waals surface area (Å²) in [7, 11) is 1.77. The highest BCUT2D eigenvalue weighted by Crippen LogP contribution is 2.09. The first-order valence-corrected chi connectivity index (χ1v) is 5.87. The molecule has 20 heavy (non-hydrogen) atoms. The Kier molecular flexibility index (Phi) is 3.95. The van der Waals surface area contributed by atoms with Crippen LogP contribution >= 0.6 is 0 Å². The van der Waals surface area contributed by atoms with Crippen LogP contribution < -0.4 is 5.32 Å². The maximum atomic E-state index is 12.0. The van der Waals surface area contributed by atoms with E-state index in [1.165, 1.54) is 6.08 Å². The maximum absolute atomic E-state index is 12.0. The molecule has 0 atom stereocenters. The van der Waals surface area contributed by atoms with Crippen LogP contribution in [0, 0.1) is 0 Å². The number of nitrogens with zero attached hydrogens (tertiary/aromatic N) is 2. The van der Waals surface area contributed by atoms with E-state index in [2.05, 4.69) is 10.3 Å². The number of carbonyl (C=O) groups excluding carboxylic acids is 1. The molecule has 2 aromatic rings. The molecule has 1 amide bonds. The van der Waals surface area contributed by atoms with Gasteiger partial charge in [0.05, 0.1) is 5.69 Å². The molecule has 6 heteroatoms. The SMILES string of the molecule is Cn1cccc1C(=O)Nc1cccc(C=CC(=O)O)n1. The average molecular weight is 271 g/mol. The minimum absolute atomic E-state index is 0.274. The number of amides is 1. The first-order valence-electron chi connectivity index (χ1n) is 5.87. The molecular weight excluding hydrogens is 258 g/mol. The Morgan fingerprint density at radius 1 is 1.30 bits per heavy atom. The first-order chi connectivity index (χ1) is 9.56. The van der Waals surface area contributed by atoms with Gasteiger partial charge in [-0.15, -0.1) is 0 Å². The van der Waals surface area contributed by atoms with Crippen molar-refractivity contribution in [2.24, 2.45) is 7.05 Å². The number of anilines is 1. The quantitative estimate of drug-likeness (QED) is 0.830. The third-order valence-corrected chi connectivity index (χ3v) is 2.59. The van der Waals surface area contributed by atoms with Crippen LogP contribution in [0.4, 0.5) is 5.82 Å². The van der Waals surface area contributed by atoms with Gasteiger partial charge in [0.25, 0.3) is 5.91 Å². The predicted molar refractivity (Wildman–Crippen MR) is 74.3 cm³/mol. The number of carbonyl (C=O) groups is 2. The van der Waals surface area contributed by atoms with E-state index in [9.17, 15) is 9.59 Å². The van der Waals surface area contributed by atoms with Crippen molar-refractivity contribution in [3.05, 3.63) is 54.0 Å². The van der Waals surface area contributed by atoms with Crippen LogP contribution in [-0.2, 0) is 11.8 Å². The van der Waals surface area contributed by atoms with Gasteiger partial charge in [-0.3, -0.25) is 4.79 Å². The molecule has 2 aromatic heterocycles. The normalized spacial score (nSPS) is 10.7. The van der Waals surface area contributed by atoms with Gasteiger partial charge in [-0.1, -0.05) is 6.07 Å². The topological polar surface area (TPSA) is 84.2 Å². The lowest BCUT2D eigenvalue weighted by Gasteiger charge is -2.05. The van der Waals surface area contributed by atoms with Gasteiger partial charge in [-0.2, -0.15) is 0 Å². The Morgan fingerprint density at radius 3 is 2.75 bits per heavy atom. The van der Waals surface area contributed by atoms with E-state index in [-0.39, 0.29) is 5.91 Å². The van der Waals surface area contributed by atoms with E-state index < -0.39 is 5.97 Å². The summed E-state index contributed by atoms with van der Waals surface area (Å²) >= 11 is 0. The largest absolute Gasteiger partial charge is 0.478 e. The Bertz CT molecular complexity index is 674. The number of aromatic nitrogens is 2. The zero-order chi connectivity index (χ0) is 14.5. The molecule has 0 aliphatic heterocycles. The predicted octanol–water partition coefficient (Wildman–Crippen LogP) is 1.77. The van der Waals surface area contributed by atoms with E-state index in [1.54, 1.807) is 48.1 Å². The van der Waals surface area contributed by atoms with E-state index in [4.69, 9.17) is 5.11 Å². The Morgan fingerprint density at radius 2 is 2.10 bits per heavy atom. The number of carboxylic acid groups (broad SMARTS) is 1. The van der Waals surface area contributed by atoms with Gasteiger partial charge >= 0.3 is 5.97 Å². The van der Waals surface area contributed by atoms with Gasteiger partial charge in [0.15, 0.2) is 0 Å². The van der Waals surface area contributed by atoms with Crippen molar-refractivity contribution in [2.75, 3.05) is 5.32 Å². The smallest absolute Gasteiger partial charge is 0.328 e. The van der Waals surface area contributed by atoms with Gasteiger partial charge in [0.1, 0.15) is 11.5 Å². The van der Waals surface area contributed by atoms with Crippen molar-refractivity contribution in [2.45, 2.75) is 0 Å². The van der Waals surface area contributed by atoms with Crippen molar-refractivity contribution in [1.82, 2.24) is 9.55 Å². The Labute approximate surface area is 115 Å². The van der Waals surface area contributed by atoms with Gasteiger partial charge < -0.3 is 15.0 Å². The maximum Gasteiger partial charge on any atom is 0.328 e. The van der Waals surface area contributed by atoms with E-state index in [0.717, 1.165) is 6.08 Å². The van der Waals surface area contributed by atoms with E-state index in [1.807, 2.05) is 0 Å². The molecule has 0 bridgehead atoms. The summed E-state index contributed by atoms with van der Waals surface area (Å²) in [5.74, 6) is -0.960. The molecular formula is C14H13N3O3. The molecule has 6 nitrogen and oxygen atoms in total. The number of hydrogen-bond acceptors (Lipinski definition) is 3. The fourth-order valence-electron chi connectivity index (χ4n) is 1.65. The van der Waals surface area contributed by atoms with Crippen LogP contribution in [-0.4, -0.2) is 26.5 Å². The molecule has 0 spiro atoms. The molecule has 2 rings (SSSR count). The third kappa shape index (κ3) is 3.32. The molecule has 102 valence electrons. The lowest BCUT2D eigenvalue weighted by Crippen LogP contribution is -2.16. The molecule has 0 aliphatic carbocycles. The van der Waals surface area contributed by atoms with Crippen LogP contribution in [0.25, 0.3) is 6.08 Å². The summed E-state index contributed by atoms with van der Waals surface area (Å²) in [6.07, 6.45) is 4.12. The summed E-state index contributed by atoms with van der Waals surface area (Å²) in [5, 5.41) is 11.2. The zero-order valence-corrected chi connectivity index (χ0v) is 10.8. The summed E-state index contributed by atoms with van der Waals surface area (Å²) in [6.45, 7) is 0. The first kappa shape index (κ1) is 13.5. The van der Waals surface area contributed by atoms with Crippen molar-refractivity contribution >= 4 is 23.8 Å². The summed E-state index contributed by atoms with van der Waals surface area (Å²) in [4.78, 5) is 26.6. The summed E-state index contributed by atoms with van der Waals surface area (Å²) < 4.78 is 1.70. The van der Waals surface area contributed by atoms with Gasteiger partial charge in [-0.25, -0.2) is 9.78 Å². The lowest BCUT2D eigenvalue weighted by atomic mass is 10.3. The van der Waals surface area contributed by atoms with Crippen molar-refractivity contribution in [1.29, 1.82) is 0 Å². The average Bonchev–Trinajstić information content (AvgIpc) is 2.83. The summed E-state index contributed by atoms with van der Waals surface area (Å²) in [5.41, 5.74) is 0.968. The molecule has 0 saturated heterocycles. The monoisotopic (exact) mass is 271 g/mol. The number of carboxylic acids is 1. The van der Waals surface area contributed by atoms with Gasteiger partial charge in [0.2, 0.25) is 0 Å². The van der Waals surface area contributed by atoms with Crippen molar-refractivity contribution in [3.8, 4) is 0 Å². The van der Waals surface area contributed by atoms with E-state index in [0.29, 0.717) is 17.2 Å². The van der Waals surface area contributed by atoms with Crippen molar-refractivity contribution < 1.29 is 14.7 Å². The van der Waals surface area contributed by atoms with Crippen LogP contribution in [0.3, 0.4) is 0 Å². The second kappa shape index (κ2) is 5.83. The van der Waals surface area contributed by atoms with Crippen LogP contribution in [0.2, 0.25) is 0 Å². The number of pyridine rings is 1. The number of aryl methyl sites for hydroxylation is 1. The second-order valence-corrected chi connectivity index (χ2v) is 4.08. The molecule has 0 saturated carbocycles. The number of nitrogens with one attached hydrogen (secondary N) is 1. The third-order valence-electron chi connectivity index (χ3n) is 2.59. The van der Waals surface area contributed by atoms with Crippen LogP contribution in [0.15, 0.2) is 42.6 Å². The molecule has 0 unspecified atom stereocenters. The molecule has 0 radical (unpaired) electrons. The fraction of sp³-hybridized carbons (Fsp3) is 0.0714. The molecule has 0 aliphatic rings. The molecule has 0 aromatic carbocycles. The second-order valence-electron chi connectivity index (χ2n) is 4.08. The van der Waals surface area contributed by atoms with Gasteiger partial charge in [0, 0.05) is 19.3 Å². The van der Waals surface area contributed by atoms with Crippen molar-refractivity contribution in [3.63, 3.8) is 0 Å². The minimum Gasteiger partial charge on any atom is -0.478 e. The fourth-order valence-corrected chi connectivity index (χ4v) is 1.65. The van der Waals surface area contributed by atoms with Crippen LogP contribution in [0.1, 0.15) is 16.2 Å². The number of aliphatic carboxylic acids is 1. The highest BCUT2D eigenvalue weighted by molar-refractivity contribution is 6.02. The summed E-state index contributed by atoms with van der Waals surface area (Å²) in [6, 6.07) is 8.45. The van der Waals surface area contributed by atoms with Gasteiger partial charge in [-0.05, 0) is 30.3 Å². The molecule has 2 heterocycles. The number of hydrogen-bond donors (Lipinski definition) is 2. The molecule has 2 N–H and O–H groups in total. The van der Waals surface area contributed by atoms with Crippen LogP contribution in [0.5, 0.6) is 0 Å². The minimum atomic E-state index is -1.05. The highest BCUT2D eigenvalue weighted by Gasteiger charge is 2.09. The highest BCUT2D eigenvalue weighted by atomic mass is 16.4. The Balaban J connectivity index is 2.14.